The first kappa shape index (κ1) is 28.0. The van der Waals surface area contributed by atoms with Crippen molar-refractivity contribution in [1.82, 2.24) is 9.97 Å². The first-order valence-electron chi connectivity index (χ1n) is 12.2. The first-order chi connectivity index (χ1) is 16.0. The Labute approximate surface area is 202 Å². The van der Waals surface area contributed by atoms with E-state index < -0.39 is 18.4 Å². The summed E-state index contributed by atoms with van der Waals surface area (Å²) in [7, 11) is 0. The van der Waals surface area contributed by atoms with E-state index in [1.165, 1.54) is 6.33 Å². The van der Waals surface area contributed by atoms with E-state index in [1.54, 1.807) is 0 Å². The summed E-state index contributed by atoms with van der Waals surface area (Å²) in [6.45, 7) is 8.50. The molecule has 0 spiro atoms. The summed E-state index contributed by atoms with van der Waals surface area (Å²) in [5.41, 5.74) is 6.23. The van der Waals surface area contributed by atoms with Gasteiger partial charge in [0.1, 0.15) is 24.2 Å². The molecule has 0 radical (unpaired) electrons. The predicted molar refractivity (Wildman–Crippen MR) is 129 cm³/mol. The summed E-state index contributed by atoms with van der Waals surface area (Å²) in [5, 5.41) is 14.6. The van der Waals surface area contributed by atoms with Crippen LogP contribution in [0, 0.1) is 0 Å². The van der Waals surface area contributed by atoms with E-state index in [2.05, 4.69) is 36.1 Å². The Bertz CT molecular complexity index is 672. The van der Waals surface area contributed by atoms with Crippen LogP contribution in [0.4, 0.5) is 11.5 Å². The van der Waals surface area contributed by atoms with Crippen LogP contribution in [0.5, 0.6) is 0 Å². The fourth-order valence-electron chi connectivity index (χ4n) is 3.55. The molecule has 0 aliphatic carbocycles. The van der Waals surface area contributed by atoms with Gasteiger partial charge in [-0.2, -0.15) is 0 Å². The predicted octanol–water partition coefficient (Wildman–Crippen LogP) is 3.79. The van der Waals surface area contributed by atoms with Crippen LogP contribution in [0.3, 0.4) is 0 Å². The van der Waals surface area contributed by atoms with Gasteiger partial charge < -0.3 is 35.1 Å². The molecule has 2 heterocycles. The van der Waals surface area contributed by atoms with Crippen molar-refractivity contribution in [3.8, 4) is 0 Å². The van der Waals surface area contributed by atoms with Crippen LogP contribution in [-0.4, -0.2) is 72.1 Å². The van der Waals surface area contributed by atoms with Crippen LogP contribution < -0.4 is 11.1 Å². The first-order valence-corrected chi connectivity index (χ1v) is 12.6. The van der Waals surface area contributed by atoms with Gasteiger partial charge in [0.25, 0.3) is 0 Å². The number of halogens is 1. The van der Waals surface area contributed by atoms with Crippen molar-refractivity contribution in [3.63, 3.8) is 0 Å². The molecule has 4 N–H and O–H groups in total. The standard InChI is InChI=1S/C23H41ClN4O5/c1-4-7-10-30-14-16-13-17(31-11-8-5-2)20(32-12-9-6-3)19(29)23(33-16)28-22-18(25)21(24)26-15-27-22/h15-17,19-20,23,29H,4-14,25H2,1-3H3,(H,26,27,28)/t16-,17-,19+,20+,23+/m0/s1. The van der Waals surface area contributed by atoms with Gasteiger partial charge in [0, 0.05) is 26.2 Å². The van der Waals surface area contributed by atoms with Crippen LogP contribution in [0.1, 0.15) is 65.7 Å². The summed E-state index contributed by atoms with van der Waals surface area (Å²) in [4.78, 5) is 8.05. The molecule has 0 unspecified atom stereocenters. The lowest BCUT2D eigenvalue weighted by molar-refractivity contribution is -0.134. The molecule has 0 bridgehead atoms. The summed E-state index contributed by atoms with van der Waals surface area (Å²) in [6.07, 6.45) is 4.64. The zero-order valence-corrected chi connectivity index (χ0v) is 20.9. The number of nitrogen functional groups attached to an aromatic ring is 1. The zero-order chi connectivity index (χ0) is 24.1. The van der Waals surface area contributed by atoms with Crippen molar-refractivity contribution >= 4 is 23.1 Å². The highest BCUT2D eigenvalue weighted by atomic mass is 35.5. The number of hydrogen-bond donors (Lipinski definition) is 3. The van der Waals surface area contributed by atoms with Crippen molar-refractivity contribution in [3.05, 3.63) is 11.5 Å². The topological polar surface area (TPSA) is 121 Å². The quantitative estimate of drug-likeness (QED) is 0.250. The third kappa shape index (κ3) is 9.15. The minimum Gasteiger partial charge on any atom is -0.393 e. The highest BCUT2D eigenvalue weighted by molar-refractivity contribution is 6.32. The SMILES string of the molecule is CCCCOC[C@@H]1C[C@H](OCCCC)[C@@H](OCCCC)[C@@H](O)[C@H](Nc2ncnc(Cl)c2N)O1. The van der Waals surface area contributed by atoms with Gasteiger partial charge in [-0.25, -0.2) is 9.97 Å². The van der Waals surface area contributed by atoms with Crippen LogP contribution >= 0.6 is 11.6 Å². The molecule has 1 aromatic heterocycles. The maximum absolute atomic E-state index is 11.3. The molecule has 1 aliphatic rings. The number of ether oxygens (including phenoxy) is 4. The Morgan fingerprint density at radius 3 is 2.45 bits per heavy atom. The second kappa shape index (κ2) is 15.6. The highest BCUT2D eigenvalue weighted by Crippen LogP contribution is 2.29. The molecule has 5 atom stereocenters. The normalized spacial score (nSPS) is 25.7. The second-order valence-electron chi connectivity index (χ2n) is 8.36. The van der Waals surface area contributed by atoms with Gasteiger partial charge in [0.15, 0.2) is 17.2 Å². The van der Waals surface area contributed by atoms with E-state index in [1.807, 2.05) is 0 Å². The van der Waals surface area contributed by atoms with Crippen molar-refractivity contribution < 1.29 is 24.1 Å². The number of anilines is 2. The van der Waals surface area contributed by atoms with Gasteiger partial charge in [-0.15, -0.1) is 0 Å². The third-order valence-corrected chi connectivity index (χ3v) is 5.85. The third-order valence-electron chi connectivity index (χ3n) is 5.55. The Balaban J connectivity index is 2.24. The van der Waals surface area contributed by atoms with Gasteiger partial charge in [-0.1, -0.05) is 51.6 Å². The molecule has 1 saturated heterocycles. The van der Waals surface area contributed by atoms with Crippen LogP contribution in [-0.2, 0) is 18.9 Å². The molecular formula is C23H41ClN4O5. The van der Waals surface area contributed by atoms with E-state index in [0.29, 0.717) is 38.7 Å². The van der Waals surface area contributed by atoms with E-state index in [0.717, 1.165) is 38.5 Å². The number of hydrogen-bond acceptors (Lipinski definition) is 9. The molecule has 1 aromatic rings. The number of aliphatic hydroxyl groups is 1. The van der Waals surface area contributed by atoms with Gasteiger partial charge in [0.2, 0.25) is 0 Å². The molecule has 33 heavy (non-hydrogen) atoms. The average molecular weight is 489 g/mol. The molecule has 0 amide bonds. The van der Waals surface area contributed by atoms with E-state index in [4.69, 9.17) is 36.3 Å². The number of aromatic nitrogens is 2. The fraction of sp³-hybridized carbons (Fsp3) is 0.826. The zero-order valence-electron chi connectivity index (χ0n) is 20.2. The molecule has 9 nitrogen and oxygen atoms in total. The Morgan fingerprint density at radius 1 is 1.09 bits per heavy atom. The number of nitrogens with one attached hydrogen (secondary N) is 1. The molecule has 10 heteroatoms. The lowest BCUT2D eigenvalue weighted by Gasteiger charge is -2.31. The summed E-state index contributed by atoms with van der Waals surface area (Å²) in [5.74, 6) is 0.294. The van der Waals surface area contributed by atoms with Crippen molar-refractivity contribution in [2.45, 2.75) is 96.4 Å². The Kier molecular flexibility index (Phi) is 13.3. The van der Waals surface area contributed by atoms with Gasteiger partial charge in [-0.05, 0) is 19.3 Å². The molecule has 0 saturated carbocycles. The van der Waals surface area contributed by atoms with Gasteiger partial charge in [-0.3, -0.25) is 0 Å². The molecule has 1 aliphatic heterocycles. The molecule has 1 fully saturated rings. The maximum atomic E-state index is 11.3. The van der Waals surface area contributed by atoms with Crippen LogP contribution in [0.2, 0.25) is 5.15 Å². The van der Waals surface area contributed by atoms with E-state index >= 15 is 0 Å². The minimum absolute atomic E-state index is 0.131. The van der Waals surface area contributed by atoms with Crippen LogP contribution in [0.25, 0.3) is 0 Å². The summed E-state index contributed by atoms with van der Waals surface area (Å²) >= 11 is 6.05. The number of aliphatic hydroxyl groups excluding tert-OH is 1. The highest BCUT2D eigenvalue weighted by Gasteiger charge is 2.42. The molecule has 2 rings (SSSR count). The lowest BCUT2D eigenvalue weighted by Crippen LogP contribution is -2.48. The molecule has 0 aromatic carbocycles. The Morgan fingerprint density at radius 2 is 1.76 bits per heavy atom. The van der Waals surface area contributed by atoms with Gasteiger partial charge >= 0.3 is 0 Å². The fourth-order valence-corrected chi connectivity index (χ4v) is 3.69. The smallest absolute Gasteiger partial charge is 0.158 e. The summed E-state index contributed by atoms with van der Waals surface area (Å²) in [6, 6.07) is 0. The van der Waals surface area contributed by atoms with Crippen molar-refractivity contribution in [2.75, 3.05) is 37.5 Å². The van der Waals surface area contributed by atoms with Crippen molar-refractivity contribution in [1.29, 1.82) is 0 Å². The monoisotopic (exact) mass is 488 g/mol. The van der Waals surface area contributed by atoms with E-state index in [9.17, 15) is 5.11 Å². The van der Waals surface area contributed by atoms with Crippen LogP contribution in [0.15, 0.2) is 6.33 Å². The average Bonchev–Trinajstić information content (AvgIpc) is 2.92. The Hall–Kier alpha value is -1.23. The lowest BCUT2D eigenvalue weighted by atomic mass is 10.0. The number of nitrogens with two attached hydrogens (primary N) is 1. The van der Waals surface area contributed by atoms with Crippen molar-refractivity contribution in [2.24, 2.45) is 0 Å². The summed E-state index contributed by atoms with van der Waals surface area (Å²) < 4.78 is 24.5. The maximum Gasteiger partial charge on any atom is 0.158 e. The van der Waals surface area contributed by atoms with E-state index in [-0.39, 0.29) is 23.0 Å². The number of unbranched alkanes of at least 4 members (excludes halogenated alkanes) is 3. The molecular weight excluding hydrogens is 448 g/mol. The number of rotatable bonds is 15. The second-order valence-corrected chi connectivity index (χ2v) is 8.71. The van der Waals surface area contributed by atoms with Gasteiger partial charge in [0.05, 0.1) is 18.8 Å². The largest absolute Gasteiger partial charge is 0.393 e. The number of nitrogens with zero attached hydrogens (tertiary/aromatic N) is 2. The minimum atomic E-state index is -1.03. The molecule has 190 valence electrons.